The Labute approximate surface area is 154 Å². The molecular formula is C18H17ClN4OS. The van der Waals surface area contributed by atoms with E-state index < -0.39 is 0 Å². The Balaban J connectivity index is 1.48. The van der Waals surface area contributed by atoms with Crippen LogP contribution in [0.3, 0.4) is 0 Å². The number of para-hydroxylation sites is 1. The van der Waals surface area contributed by atoms with E-state index >= 15 is 0 Å². The summed E-state index contributed by atoms with van der Waals surface area (Å²) in [7, 11) is 0. The number of amides is 1. The zero-order chi connectivity index (χ0) is 17.2. The zero-order valence-electron chi connectivity index (χ0n) is 13.5. The van der Waals surface area contributed by atoms with Crippen molar-refractivity contribution in [1.29, 1.82) is 0 Å². The zero-order valence-corrected chi connectivity index (χ0v) is 15.1. The van der Waals surface area contributed by atoms with Gasteiger partial charge in [0.05, 0.1) is 16.6 Å². The first-order chi connectivity index (χ1) is 12.2. The maximum absolute atomic E-state index is 12.6. The molecule has 1 unspecified atom stereocenters. The van der Waals surface area contributed by atoms with Gasteiger partial charge >= 0.3 is 0 Å². The molecule has 0 spiro atoms. The minimum Gasteiger partial charge on any atom is -0.347 e. The molecule has 2 aromatic heterocycles. The second kappa shape index (κ2) is 6.98. The lowest BCUT2D eigenvalue weighted by Gasteiger charge is -2.31. The van der Waals surface area contributed by atoms with Gasteiger partial charge in [-0.2, -0.15) is 0 Å². The Morgan fingerprint density at radius 2 is 2.16 bits per heavy atom. The van der Waals surface area contributed by atoms with E-state index in [0.717, 1.165) is 34.9 Å². The maximum atomic E-state index is 12.6. The standard InChI is InChI=1S/C18H17ClN4OS/c19-13-6-1-2-7-14(13)21-16(24)12-5-4-10-23(11-12)18-22-15-8-3-9-20-17(15)25-18/h1-3,6-9,12H,4-5,10-11H2,(H,21,24). The molecule has 1 amide bonds. The molecule has 1 aromatic carbocycles. The van der Waals surface area contributed by atoms with Crippen LogP contribution in [0.2, 0.25) is 5.02 Å². The molecule has 1 atom stereocenters. The van der Waals surface area contributed by atoms with Crippen molar-refractivity contribution in [2.45, 2.75) is 12.8 Å². The van der Waals surface area contributed by atoms with Gasteiger partial charge in [-0.25, -0.2) is 9.97 Å². The van der Waals surface area contributed by atoms with Crippen molar-refractivity contribution in [1.82, 2.24) is 9.97 Å². The predicted octanol–water partition coefficient (Wildman–Crippen LogP) is 4.20. The number of nitrogens with zero attached hydrogens (tertiary/aromatic N) is 3. The molecule has 1 aliphatic rings. The number of rotatable bonds is 3. The number of carbonyl (C=O) groups excluding carboxylic acids is 1. The van der Waals surface area contributed by atoms with Crippen LogP contribution in [-0.4, -0.2) is 29.0 Å². The van der Waals surface area contributed by atoms with Gasteiger partial charge in [0.2, 0.25) is 5.91 Å². The molecule has 0 radical (unpaired) electrons. The molecule has 1 aliphatic heterocycles. The van der Waals surface area contributed by atoms with E-state index in [0.29, 0.717) is 17.3 Å². The normalized spacial score (nSPS) is 17.6. The van der Waals surface area contributed by atoms with Crippen molar-refractivity contribution in [2.24, 2.45) is 5.92 Å². The Morgan fingerprint density at radius 1 is 1.28 bits per heavy atom. The van der Waals surface area contributed by atoms with E-state index in [1.54, 1.807) is 23.6 Å². The lowest BCUT2D eigenvalue weighted by Crippen LogP contribution is -2.40. The topological polar surface area (TPSA) is 58.1 Å². The lowest BCUT2D eigenvalue weighted by molar-refractivity contribution is -0.120. The van der Waals surface area contributed by atoms with Gasteiger partial charge in [0.15, 0.2) is 5.13 Å². The van der Waals surface area contributed by atoms with Crippen LogP contribution in [0.15, 0.2) is 42.6 Å². The smallest absolute Gasteiger partial charge is 0.229 e. The van der Waals surface area contributed by atoms with Gasteiger partial charge in [0.1, 0.15) is 10.3 Å². The van der Waals surface area contributed by atoms with Crippen molar-refractivity contribution < 1.29 is 4.79 Å². The van der Waals surface area contributed by atoms with Crippen LogP contribution < -0.4 is 10.2 Å². The molecule has 0 saturated carbocycles. The van der Waals surface area contributed by atoms with Gasteiger partial charge < -0.3 is 10.2 Å². The monoisotopic (exact) mass is 372 g/mol. The van der Waals surface area contributed by atoms with E-state index in [9.17, 15) is 4.79 Å². The highest BCUT2D eigenvalue weighted by Gasteiger charge is 2.27. The first kappa shape index (κ1) is 16.3. The van der Waals surface area contributed by atoms with Crippen LogP contribution in [0.5, 0.6) is 0 Å². The summed E-state index contributed by atoms with van der Waals surface area (Å²) < 4.78 is 0. The average Bonchev–Trinajstić information content (AvgIpc) is 3.08. The number of hydrogen-bond acceptors (Lipinski definition) is 5. The molecule has 3 heterocycles. The minimum atomic E-state index is -0.0787. The molecule has 4 rings (SSSR count). The molecule has 3 aromatic rings. The van der Waals surface area contributed by atoms with Crippen LogP contribution in [0.25, 0.3) is 10.3 Å². The summed E-state index contributed by atoms with van der Waals surface area (Å²) in [6.07, 6.45) is 3.61. The van der Waals surface area contributed by atoms with Gasteiger partial charge in [-0.15, -0.1) is 0 Å². The molecule has 0 bridgehead atoms. The molecule has 128 valence electrons. The third-order valence-corrected chi connectivity index (χ3v) is 5.72. The SMILES string of the molecule is O=C(Nc1ccccc1Cl)C1CCCN(c2nc3cccnc3s2)C1. The molecule has 7 heteroatoms. The number of thiazole rings is 1. The van der Waals surface area contributed by atoms with E-state index in [1.807, 2.05) is 30.3 Å². The van der Waals surface area contributed by atoms with Crippen molar-refractivity contribution in [3.8, 4) is 0 Å². The number of benzene rings is 1. The maximum Gasteiger partial charge on any atom is 0.229 e. The summed E-state index contributed by atoms with van der Waals surface area (Å²) in [6.45, 7) is 1.58. The largest absolute Gasteiger partial charge is 0.347 e. The number of carbonyl (C=O) groups is 1. The second-order valence-corrected chi connectivity index (χ2v) is 7.44. The highest BCUT2D eigenvalue weighted by molar-refractivity contribution is 7.21. The second-order valence-electron chi connectivity index (χ2n) is 6.08. The first-order valence-corrected chi connectivity index (χ1v) is 9.42. The summed E-state index contributed by atoms with van der Waals surface area (Å²) in [6, 6.07) is 11.2. The molecule has 1 N–H and O–H groups in total. The van der Waals surface area contributed by atoms with Crippen LogP contribution in [-0.2, 0) is 4.79 Å². The fraction of sp³-hybridized carbons (Fsp3) is 0.278. The predicted molar refractivity (Wildman–Crippen MR) is 102 cm³/mol. The van der Waals surface area contributed by atoms with Crippen LogP contribution in [0, 0.1) is 5.92 Å². The number of pyridine rings is 1. The highest BCUT2D eigenvalue weighted by Crippen LogP contribution is 2.31. The average molecular weight is 373 g/mol. The van der Waals surface area contributed by atoms with Crippen molar-refractivity contribution in [2.75, 3.05) is 23.3 Å². The Hall–Kier alpha value is -2.18. The number of halogens is 1. The van der Waals surface area contributed by atoms with Crippen molar-refractivity contribution in [3.05, 3.63) is 47.6 Å². The quantitative estimate of drug-likeness (QED) is 0.748. The molecule has 1 fully saturated rings. The van der Waals surface area contributed by atoms with Crippen molar-refractivity contribution in [3.63, 3.8) is 0 Å². The summed E-state index contributed by atoms with van der Waals surface area (Å²) in [5, 5.41) is 4.44. The fourth-order valence-corrected chi connectivity index (χ4v) is 4.18. The Kier molecular flexibility index (Phi) is 4.55. The summed E-state index contributed by atoms with van der Waals surface area (Å²) in [5.41, 5.74) is 1.57. The number of anilines is 2. The van der Waals surface area contributed by atoms with Gasteiger partial charge in [0.25, 0.3) is 0 Å². The molecule has 25 heavy (non-hydrogen) atoms. The number of hydrogen-bond donors (Lipinski definition) is 1. The summed E-state index contributed by atoms with van der Waals surface area (Å²) >= 11 is 7.71. The van der Waals surface area contributed by atoms with Gasteiger partial charge in [-0.3, -0.25) is 4.79 Å². The number of aromatic nitrogens is 2. The van der Waals surface area contributed by atoms with Crippen LogP contribution in [0.4, 0.5) is 10.8 Å². The number of fused-ring (bicyclic) bond motifs is 1. The van der Waals surface area contributed by atoms with E-state index in [1.165, 1.54) is 0 Å². The molecular weight excluding hydrogens is 356 g/mol. The van der Waals surface area contributed by atoms with Crippen molar-refractivity contribution >= 4 is 50.0 Å². The van der Waals surface area contributed by atoms with E-state index in [2.05, 4.69) is 20.2 Å². The Bertz CT molecular complexity index is 880. The van der Waals surface area contributed by atoms with E-state index in [4.69, 9.17) is 11.6 Å². The first-order valence-electron chi connectivity index (χ1n) is 8.22. The minimum absolute atomic E-state index is 0.0111. The summed E-state index contributed by atoms with van der Waals surface area (Å²) in [4.78, 5) is 24.8. The Morgan fingerprint density at radius 3 is 3.00 bits per heavy atom. The van der Waals surface area contributed by atoms with Gasteiger partial charge in [0, 0.05) is 19.3 Å². The third kappa shape index (κ3) is 3.45. The van der Waals surface area contributed by atoms with E-state index in [-0.39, 0.29) is 11.8 Å². The molecule has 0 aliphatic carbocycles. The third-order valence-electron chi connectivity index (χ3n) is 4.35. The number of nitrogens with one attached hydrogen (secondary N) is 1. The number of piperidine rings is 1. The summed E-state index contributed by atoms with van der Waals surface area (Å²) in [5.74, 6) is -0.0676. The van der Waals surface area contributed by atoms with Gasteiger partial charge in [-0.1, -0.05) is 35.1 Å². The highest BCUT2D eigenvalue weighted by atomic mass is 35.5. The molecule has 1 saturated heterocycles. The van der Waals surface area contributed by atoms with Crippen LogP contribution in [0.1, 0.15) is 12.8 Å². The van der Waals surface area contributed by atoms with Gasteiger partial charge in [-0.05, 0) is 37.1 Å². The fourth-order valence-electron chi connectivity index (χ4n) is 3.06. The molecule has 5 nitrogen and oxygen atoms in total. The van der Waals surface area contributed by atoms with Crippen LogP contribution >= 0.6 is 22.9 Å². The lowest BCUT2D eigenvalue weighted by atomic mass is 9.97.